The summed E-state index contributed by atoms with van der Waals surface area (Å²) in [5, 5.41) is 0. The summed E-state index contributed by atoms with van der Waals surface area (Å²) in [6.07, 6.45) is 0. The molecule has 0 aliphatic rings. The Labute approximate surface area is 91.6 Å². The van der Waals surface area contributed by atoms with Crippen LogP contribution in [0.1, 0.15) is 16.8 Å². The van der Waals surface area contributed by atoms with E-state index in [1.54, 1.807) is 0 Å². The first kappa shape index (κ1) is 10.4. The van der Waals surface area contributed by atoms with Gasteiger partial charge in [-0.1, -0.05) is 60.7 Å². The molecule has 0 heterocycles. The fraction of sp³-hybridized carbons (Fsp3) is 0.0769. The summed E-state index contributed by atoms with van der Waals surface area (Å²) in [5.41, 5.74) is 2.46. The van der Waals surface area contributed by atoms with Crippen molar-refractivity contribution >= 4 is 8.81 Å². The van der Waals surface area contributed by atoms with E-state index in [-0.39, 0.29) is 14.5 Å². The highest BCUT2D eigenvalue weighted by molar-refractivity contribution is 7.32. The molecule has 0 fully saturated rings. The molecule has 0 saturated heterocycles. The van der Waals surface area contributed by atoms with E-state index in [0.717, 1.165) is 0 Å². The quantitative estimate of drug-likeness (QED) is 0.780. The normalized spacial score (nSPS) is 11.3. The summed E-state index contributed by atoms with van der Waals surface area (Å²) < 4.78 is 0. The highest BCUT2D eigenvalue weighted by Gasteiger charge is 2.11. The summed E-state index contributed by atoms with van der Waals surface area (Å²) in [7, 11) is -0.0962. The Morgan fingerprint density at radius 2 is 1.13 bits per heavy atom. The third-order valence-corrected chi connectivity index (χ3v) is 3.32. The second-order valence-electron chi connectivity index (χ2n) is 3.38. The molecule has 1 nitrogen and oxygen atoms in total. The maximum Gasteiger partial charge on any atom is 0.0504 e. The monoisotopic (exact) mass is 216 g/mol. The van der Waals surface area contributed by atoms with Crippen molar-refractivity contribution < 1.29 is 4.89 Å². The van der Waals surface area contributed by atoms with Crippen molar-refractivity contribution in [3.8, 4) is 0 Å². The molecule has 0 saturated carbocycles. The zero-order valence-corrected chi connectivity index (χ0v) is 9.30. The summed E-state index contributed by atoms with van der Waals surface area (Å²) in [4.78, 5) is 9.46. The first-order chi connectivity index (χ1) is 7.42. The lowest BCUT2D eigenvalue weighted by atomic mass is 10.0. The van der Waals surface area contributed by atoms with Crippen LogP contribution >= 0.6 is 8.81 Å². The predicted molar refractivity (Wildman–Crippen MR) is 65.3 cm³/mol. The van der Waals surface area contributed by atoms with Gasteiger partial charge in [0.25, 0.3) is 0 Å². The summed E-state index contributed by atoms with van der Waals surface area (Å²) in [6, 6.07) is 20.2. The summed E-state index contributed by atoms with van der Waals surface area (Å²) in [6.45, 7) is 0. The van der Waals surface area contributed by atoms with Crippen molar-refractivity contribution in [2.45, 2.75) is 5.66 Å². The molecule has 2 aromatic rings. The zero-order valence-electron chi connectivity index (χ0n) is 8.30. The van der Waals surface area contributed by atoms with Gasteiger partial charge in [0.15, 0.2) is 0 Å². The van der Waals surface area contributed by atoms with Crippen LogP contribution < -0.4 is 0 Å². The molecule has 2 aromatic carbocycles. The van der Waals surface area contributed by atoms with Crippen molar-refractivity contribution in [2.75, 3.05) is 0 Å². The van der Waals surface area contributed by atoms with Crippen LogP contribution in [0.25, 0.3) is 0 Å². The van der Waals surface area contributed by atoms with Gasteiger partial charge in [-0.05, 0) is 11.1 Å². The number of rotatable bonds is 3. The Kier molecular flexibility index (Phi) is 3.49. The van der Waals surface area contributed by atoms with E-state index in [2.05, 4.69) is 24.3 Å². The van der Waals surface area contributed by atoms with Gasteiger partial charge in [-0.3, -0.25) is 0 Å². The molecule has 76 valence electrons. The Morgan fingerprint density at radius 3 is 1.47 bits per heavy atom. The molecule has 15 heavy (non-hydrogen) atoms. The zero-order chi connectivity index (χ0) is 10.5. The highest BCUT2D eigenvalue weighted by atomic mass is 31.1. The van der Waals surface area contributed by atoms with Crippen LogP contribution in [0.3, 0.4) is 0 Å². The summed E-state index contributed by atoms with van der Waals surface area (Å²) >= 11 is 0. The van der Waals surface area contributed by atoms with Crippen LogP contribution in [0.5, 0.6) is 0 Å². The topological polar surface area (TPSA) is 20.2 Å². The largest absolute Gasteiger partial charge is 0.376 e. The molecule has 0 aromatic heterocycles. The van der Waals surface area contributed by atoms with Gasteiger partial charge in [-0.2, -0.15) is 0 Å². The van der Waals surface area contributed by atoms with Crippen LogP contribution in [0.2, 0.25) is 0 Å². The van der Waals surface area contributed by atoms with Gasteiger partial charge in [-0.25, -0.2) is 0 Å². The molecule has 1 N–H and O–H groups in total. The lowest BCUT2D eigenvalue weighted by molar-refractivity contribution is 0.637. The molecule has 0 spiro atoms. The molecule has 2 heteroatoms. The Hall–Kier alpha value is -1.17. The molecular formula is C13H13OP. The van der Waals surface area contributed by atoms with E-state index in [1.807, 2.05) is 36.4 Å². The van der Waals surface area contributed by atoms with Crippen molar-refractivity contribution in [3.63, 3.8) is 0 Å². The lowest BCUT2D eigenvalue weighted by Gasteiger charge is -2.14. The third-order valence-electron chi connectivity index (χ3n) is 2.39. The summed E-state index contributed by atoms with van der Waals surface area (Å²) in [5.74, 6) is 0. The van der Waals surface area contributed by atoms with E-state index in [9.17, 15) is 4.89 Å². The second kappa shape index (κ2) is 5.06. The second-order valence-corrected chi connectivity index (χ2v) is 4.22. The van der Waals surface area contributed by atoms with E-state index in [1.165, 1.54) is 11.1 Å². The average Bonchev–Trinajstić information content (AvgIpc) is 2.33. The molecule has 0 radical (unpaired) electrons. The average molecular weight is 216 g/mol. The van der Waals surface area contributed by atoms with Gasteiger partial charge in [0.2, 0.25) is 0 Å². The van der Waals surface area contributed by atoms with Gasteiger partial charge in [0, 0.05) is 8.81 Å². The Bertz CT molecular complexity index is 360. The minimum atomic E-state index is -0.0962. The third kappa shape index (κ3) is 2.44. The molecule has 0 aliphatic heterocycles. The molecule has 2 rings (SSSR count). The van der Waals surface area contributed by atoms with Crippen LogP contribution in [0.4, 0.5) is 0 Å². The van der Waals surface area contributed by atoms with Gasteiger partial charge in [0.1, 0.15) is 0 Å². The van der Waals surface area contributed by atoms with Gasteiger partial charge in [-0.15, -0.1) is 0 Å². The van der Waals surface area contributed by atoms with Crippen LogP contribution in [0.15, 0.2) is 60.7 Å². The van der Waals surface area contributed by atoms with E-state index >= 15 is 0 Å². The van der Waals surface area contributed by atoms with Crippen molar-refractivity contribution in [1.82, 2.24) is 0 Å². The number of hydrogen-bond acceptors (Lipinski definition) is 1. The Morgan fingerprint density at radius 1 is 0.733 bits per heavy atom. The van der Waals surface area contributed by atoms with Crippen molar-refractivity contribution in [3.05, 3.63) is 71.8 Å². The standard InChI is InChI=1S/C13H13OP/c14-15-13(11-7-3-1-4-8-11)12-9-5-2-6-10-12/h1-10,13-15H. The van der Waals surface area contributed by atoms with Gasteiger partial charge < -0.3 is 4.89 Å². The number of benzene rings is 2. The van der Waals surface area contributed by atoms with Crippen LogP contribution in [-0.4, -0.2) is 4.89 Å². The maximum atomic E-state index is 9.46. The SMILES string of the molecule is OPC(c1ccccc1)c1ccccc1. The van der Waals surface area contributed by atoms with E-state index in [4.69, 9.17) is 0 Å². The predicted octanol–water partition coefficient (Wildman–Crippen LogP) is 3.36. The maximum absolute atomic E-state index is 9.46. The van der Waals surface area contributed by atoms with Crippen molar-refractivity contribution in [2.24, 2.45) is 0 Å². The van der Waals surface area contributed by atoms with Gasteiger partial charge in [0.05, 0.1) is 5.66 Å². The van der Waals surface area contributed by atoms with Crippen molar-refractivity contribution in [1.29, 1.82) is 0 Å². The van der Waals surface area contributed by atoms with Crippen LogP contribution in [-0.2, 0) is 0 Å². The molecular weight excluding hydrogens is 203 g/mol. The fourth-order valence-corrected chi connectivity index (χ4v) is 2.32. The molecule has 1 unspecified atom stereocenters. The lowest BCUT2D eigenvalue weighted by Crippen LogP contribution is -1.93. The fourth-order valence-electron chi connectivity index (χ4n) is 1.63. The molecule has 0 bridgehead atoms. The highest BCUT2D eigenvalue weighted by Crippen LogP contribution is 2.37. The Balaban J connectivity index is 2.34. The number of hydrogen-bond donors (Lipinski definition) is 1. The molecule has 0 amide bonds. The smallest absolute Gasteiger partial charge is 0.0504 e. The van der Waals surface area contributed by atoms with Crippen LogP contribution in [0, 0.1) is 0 Å². The minimum Gasteiger partial charge on any atom is -0.376 e. The van der Waals surface area contributed by atoms with E-state index in [0.29, 0.717) is 0 Å². The van der Waals surface area contributed by atoms with Gasteiger partial charge >= 0.3 is 0 Å². The first-order valence-electron chi connectivity index (χ1n) is 4.91. The first-order valence-corrected chi connectivity index (χ1v) is 5.94. The minimum absolute atomic E-state index is 0.0962. The molecule has 1 atom stereocenters. The van der Waals surface area contributed by atoms with E-state index < -0.39 is 0 Å². The molecule has 0 aliphatic carbocycles.